The van der Waals surface area contributed by atoms with Crippen molar-refractivity contribution in [2.75, 3.05) is 7.05 Å². The summed E-state index contributed by atoms with van der Waals surface area (Å²) in [6.07, 6.45) is 5.25. The molecule has 150 valence electrons. The molecule has 0 fully saturated rings. The molecule has 6 nitrogen and oxygen atoms in total. The number of aryl methyl sites for hydroxylation is 1. The molecule has 0 saturated heterocycles. The van der Waals surface area contributed by atoms with Crippen molar-refractivity contribution in [3.05, 3.63) is 100 Å². The molecule has 3 aromatic heterocycles. The average molecular weight is 397 g/mol. The van der Waals surface area contributed by atoms with Crippen molar-refractivity contribution in [3.8, 4) is 22.6 Å². The van der Waals surface area contributed by atoms with Crippen LogP contribution < -0.4 is 5.56 Å². The predicted molar refractivity (Wildman–Crippen MR) is 118 cm³/mol. The Kier molecular flexibility index (Phi) is 5.77. The number of hydrogen-bond donors (Lipinski definition) is 1. The maximum atomic E-state index is 12.1. The van der Waals surface area contributed by atoms with Crippen molar-refractivity contribution >= 4 is 0 Å². The molecule has 0 aliphatic carbocycles. The molecule has 3 heterocycles. The Labute approximate surface area is 175 Å². The van der Waals surface area contributed by atoms with E-state index >= 15 is 0 Å². The molecule has 0 saturated carbocycles. The summed E-state index contributed by atoms with van der Waals surface area (Å²) in [5, 5.41) is 0. The van der Waals surface area contributed by atoms with Crippen molar-refractivity contribution < 1.29 is 0 Å². The smallest absolute Gasteiger partial charge is 0.251 e. The molecule has 0 bridgehead atoms. The van der Waals surface area contributed by atoms with Gasteiger partial charge in [-0.25, -0.2) is 4.98 Å². The number of aromatic amines is 1. The zero-order chi connectivity index (χ0) is 20.9. The highest BCUT2D eigenvalue weighted by molar-refractivity contribution is 5.62. The van der Waals surface area contributed by atoms with Gasteiger partial charge >= 0.3 is 0 Å². The van der Waals surface area contributed by atoms with Gasteiger partial charge in [-0.15, -0.1) is 0 Å². The van der Waals surface area contributed by atoms with Gasteiger partial charge in [-0.05, 0) is 49.4 Å². The van der Waals surface area contributed by atoms with E-state index in [1.165, 1.54) is 17.2 Å². The van der Waals surface area contributed by atoms with E-state index in [1.807, 2.05) is 43.5 Å². The molecule has 0 aliphatic heterocycles. The van der Waals surface area contributed by atoms with Crippen LogP contribution in [-0.2, 0) is 13.1 Å². The van der Waals surface area contributed by atoms with Crippen LogP contribution in [0.5, 0.6) is 0 Å². The number of nitrogens with one attached hydrogen (secondary N) is 1. The lowest BCUT2D eigenvalue weighted by Crippen LogP contribution is -2.17. The van der Waals surface area contributed by atoms with E-state index in [0.29, 0.717) is 11.5 Å². The van der Waals surface area contributed by atoms with E-state index in [-0.39, 0.29) is 5.56 Å². The van der Waals surface area contributed by atoms with E-state index in [1.54, 1.807) is 12.4 Å². The van der Waals surface area contributed by atoms with Gasteiger partial charge in [0.2, 0.25) is 0 Å². The summed E-state index contributed by atoms with van der Waals surface area (Å²) < 4.78 is 0. The first-order chi connectivity index (χ1) is 14.6. The quantitative estimate of drug-likeness (QED) is 0.535. The van der Waals surface area contributed by atoms with E-state index in [0.717, 1.165) is 29.9 Å². The molecule has 0 spiro atoms. The summed E-state index contributed by atoms with van der Waals surface area (Å²) in [6.45, 7) is 3.68. The molecule has 0 radical (unpaired) electrons. The minimum Gasteiger partial charge on any atom is -0.306 e. The van der Waals surface area contributed by atoms with Gasteiger partial charge in [-0.2, -0.15) is 0 Å². The normalized spacial score (nSPS) is 11.0. The van der Waals surface area contributed by atoms with Gasteiger partial charge in [0.1, 0.15) is 5.82 Å². The topological polar surface area (TPSA) is 74.8 Å². The summed E-state index contributed by atoms with van der Waals surface area (Å²) >= 11 is 0. The fourth-order valence-corrected chi connectivity index (χ4v) is 3.41. The van der Waals surface area contributed by atoms with E-state index in [4.69, 9.17) is 0 Å². The Morgan fingerprint density at radius 3 is 2.47 bits per heavy atom. The SMILES string of the molecule is Cc1cc(CN(C)Cc2ccc(-c3nc(-c4cccnc4)cc(=O)[nH]3)cc2)ccn1. The lowest BCUT2D eigenvalue weighted by molar-refractivity contribution is 0.319. The average Bonchev–Trinajstić information content (AvgIpc) is 2.74. The fraction of sp³-hybridized carbons (Fsp3) is 0.167. The lowest BCUT2D eigenvalue weighted by atomic mass is 10.1. The highest BCUT2D eigenvalue weighted by atomic mass is 16.1. The van der Waals surface area contributed by atoms with Crippen molar-refractivity contribution in [1.82, 2.24) is 24.8 Å². The van der Waals surface area contributed by atoms with Crippen LogP contribution in [0.15, 0.2) is 78.0 Å². The lowest BCUT2D eigenvalue weighted by Gasteiger charge is -2.17. The van der Waals surface area contributed by atoms with Crippen molar-refractivity contribution in [2.24, 2.45) is 0 Å². The molecule has 1 aromatic carbocycles. The summed E-state index contributed by atoms with van der Waals surface area (Å²) in [7, 11) is 2.10. The third-order valence-electron chi connectivity index (χ3n) is 4.79. The molecule has 4 aromatic rings. The second kappa shape index (κ2) is 8.80. The second-order valence-electron chi connectivity index (χ2n) is 7.40. The van der Waals surface area contributed by atoms with Crippen molar-refractivity contribution in [3.63, 3.8) is 0 Å². The van der Waals surface area contributed by atoms with Gasteiger partial charge in [0, 0.05) is 54.6 Å². The molecule has 0 aliphatic rings. The Morgan fingerprint density at radius 1 is 0.933 bits per heavy atom. The Hall–Kier alpha value is -3.64. The zero-order valence-electron chi connectivity index (χ0n) is 17.0. The Bertz CT molecular complexity index is 1190. The first-order valence-electron chi connectivity index (χ1n) is 9.78. The third-order valence-corrected chi connectivity index (χ3v) is 4.79. The van der Waals surface area contributed by atoms with E-state index < -0.39 is 0 Å². The third kappa shape index (κ3) is 4.85. The summed E-state index contributed by atoms with van der Waals surface area (Å²) in [6, 6.07) is 17.5. The molecule has 1 N–H and O–H groups in total. The molecule has 4 rings (SSSR count). The summed E-state index contributed by atoms with van der Waals surface area (Å²) in [5.74, 6) is 0.550. The van der Waals surface area contributed by atoms with Crippen molar-refractivity contribution in [2.45, 2.75) is 20.0 Å². The highest BCUT2D eigenvalue weighted by Gasteiger charge is 2.08. The van der Waals surface area contributed by atoms with Crippen LogP contribution in [-0.4, -0.2) is 31.9 Å². The van der Waals surface area contributed by atoms with Gasteiger partial charge in [0.05, 0.1) is 5.69 Å². The predicted octanol–water partition coefficient (Wildman–Crippen LogP) is 3.83. The minimum absolute atomic E-state index is 0.185. The number of hydrogen-bond acceptors (Lipinski definition) is 5. The fourth-order valence-electron chi connectivity index (χ4n) is 3.41. The monoisotopic (exact) mass is 397 g/mol. The van der Waals surface area contributed by atoms with Crippen LogP contribution >= 0.6 is 0 Å². The number of nitrogens with zero attached hydrogens (tertiary/aromatic N) is 4. The van der Waals surface area contributed by atoms with Gasteiger partial charge in [0.15, 0.2) is 0 Å². The number of aromatic nitrogens is 4. The van der Waals surface area contributed by atoms with Gasteiger partial charge in [-0.3, -0.25) is 19.7 Å². The van der Waals surface area contributed by atoms with Crippen LogP contribution in [0.3, 0.4) is 0 Å². The van der Waals surface area contributed by atoms with E-state index in [2.05, 4.69) is 50.1 Å². The highest BCUT2D eigenvalue weighted by Crippen LogP contribution is 2.20. The van der Waals surface area contributed by atoms with Crippen LogP contribution in [0, 0.1) is 6.92 Å². The summed E-state index contributed by atoms with van der Waals surface area (Å²) in [5.41, 5.74) is 5.57. The maximum Gasteiger partial charge on any atom is 0.251 e. The number of benzene rings is 1. The number of H-pyrrole nitrogens is 1. The number of pyridine rings is 2. The molecule has 30 heavy (non-hydrogen) atoms. The van der Waals surface area contributed by atoms with Crippen molar-refractivity contribution in [1.29, 1.82) is 0 Å². The van der Waals surface area contributed by atoms with E-state index in [9.17, 15) is 4.79 Å². The molecular weight excluding hydrogens is 374 g/mol. The van der Waals surface area contributed by atoms with Gasteiger partial charge in [-0.1, -0.05) is 24.3 Å². The molecule has 0 unspecified atom stereocenters. The molecule has 6 heteroatoms. The summed E-state index contributed by atoms with van der Waals surface area (Å²) in [4.78, 5) is 30.2. The van der Waals surface area contributed by atoms with Gasteiger partial charge < -0.3 is 4.98 Å². The molecule has 0 atom stereocenters. The first-order valence-corrected chi connectivity index (χ1v) is 9.78. The Balaban J connectivity index is 1.50. The van der Waals surface area contributed by atoms with Crippen LogP contribution in [0.4, 0.5) is 0 Å². The zero-order valence-corrected chi connectivity index (χ0v) is 17.0. The minimum atomic E-state index is -0.185. The van der Waals surface area contributed by atoms with Gasteiger partial charge in [0.25, 0.3) is 5.56 Å². The number of rotatable bonds is 6. The first kappa shape index (κ1) is 19.7. The standard InChI is InChI=1S/C24H23N5O/c1-17-12-19(9-11-26-17)16-29(2)15-18-5-7-20(8-6-18)24-27-22(13-23(30)28-24)21-4-3-10-25-14-21/h3-14H,15-16H2,1-2H3,(H,27,28,30). The van der Waals surface area contributed by atoms with Crippen LogP contribution in [0.1, 0.15) is 16.8 Å². The maximum absolute atomic E-state index is 12.1. The second-order valence-corrected chi connectivity index (χ2v) is 7.40. The molecule has 0 amide bonds. The van der Waals surface area contributed by atoms with Crippen LogP contribution in [0.25, 0.3) is 22.6 Å². The largest absolute Gasteiger partial charge is 0.306 e. The molecular formula is C24H23N5O. The Morgan fingerprint density at radius 2 is 1.73 bits per heavy atom. The van der Waals surface area contributed by atoms with Crippen LogP contribution in [0.2, 0.25) is 0 Å².